The van der Waals surface area contributed by atoms with E-state index in [4.69, 9.17) is 0 Å². The first-order valence-corrected chi connectivity index (χ1v) is 7.71. The Balaban J connectivity index is 1.56. The highest BCUT2D eigenvalue weighted by Crippen LogP contribution is 2.17. The van der Waals surface area contributed by atoms with Gasteiger partial charge in [0.05, 0.1) is 0 Å². The minimum atomic E-state index is -0.0161. The topological polar surface area (TPSA) is 97.1 Å². The first kappa shape index (κ1) is 15.9. The van der Waals surface area contributed by atoms with Crippen LogP contribution in [0.1, 0.15) is 23.2 Å². The Bertz CT molecular complexity index is 844. The number of nitrogens with zero attached hydrogens (tertiary/aromatic N) is 5. The number of pyridine rings is 1. The Morgan fingerprint density at radius 2 is 2.04 bits per heavy atom. The van der Waals surface area contributed by atoms with Crippen molar-refractivity contribution in [2.24, 2.45) is 0 Å². The lowest BCUT2D eigenvalue weighted by Gasteiger charge is -2.12. The lowest BCUT2D eigenvalue weighted by molar-refractivity contribution is -0.121. The third-order valence-electron chi connectivity index (χ3n) is 3.79. The van der Waals surface area contributed by atoms with E-state index in [1.165, 1.54) is 6.33 Å². The summed E-state index contributed by atoms with van der Waals surface area (Å²) in [6.45, 7) is 4.90. The maximum atomic E-state index is 12.0. The fraction of sp³-hybridized carbons (Fsp3) is 0.312. The highest BCUT2D eigenvalue weighted by atomic mass is 16.1. The molecule has 0 spiro atoms. The number of aryl methyl sites for hydroxylation is 1. The Labute approximate surface area is 139 Å². The fourth-order valence-corrected chi connectivity index (χ4v) is 2.33. The van der Waals surface area contributed by atoms with Gasteiger partial charge in [-0.05, 0) is 31.5 Å². The number of rotatable bonds is 6. The summed E-state index contributed by atoms with van der Waals surface area (Å²) in [5.74, 6) is 1.34. The van der Waals surface area contributed by atoms with E-state index in [1.807, 2.05) is 26.0 Å². The molecule has 24 heavy (non-hydrogen) atoms. The summed E-state index contributed by atoms with van der Waals surface area (Å²) < 4.78 is 1.65. The van der Waals surface area contributed by atoms with Gasteiger partial charge in [0, 0.05) is 43.2 Å². The van der Waals surface area contributed by atoms with Gasteiger partial charge in [0.1, 0.15) is 12.1 Å². The number of hydrogen-bond acceptors (Lipinski definition) is 6. The number of nitrogens with one attached hydrogen (secondary N) is 2. The summed E-state index contributed by atoms with van der Waals surface area (Å²) in [6, 6.07) is 3.76. The quantitative estimate of drug-likeness (QED) is 0.708. The number of amides is 1. The van der Waals surface area contributed by atoms with Crippen LogP contribution in [0, 0.1) is 13.8 Å². The summed E-state index contributed by atoms with van der Waals surface area (Å²) in [7, 11) is 0. The Morgan fingerprint density at radius 1 is 1.25 bits per heavy atom. The zero-order chi connectivity index (χ0) is 16.9. The molecule has 0 aliphatic carbocycles. The van der Waals surface area contributed by atoms with Crippen LogP contribution < -0.4 is 10.6 Å². The number of anilines is 1. The number of aromatic nitrogens is 5. The Morgan fingerprint density at radius 3 is 2.83 bits per heavy atom. The second kappa shape index (κ2) is 7.03. The summed E-state index contributed by atoms with van der Waals surface area (Å²) >= 11 is 0. The molecule has 0 saturated heterocycles. The van der Waals surface area contributed by atoms with E-state index < -0.39 is 0 Å². The number of carbonyl (C=O) groups is 1. The summed E-state index contributed by atoms with van der Waals surface area (Å²) in [5.41, 5.74) is 2.90. The van der Waals surface area contributed by atoms with Crippen LogP contribution in [0.4, 0.5) is 5.82 Å². The molecule has 124 valence electrons. The second-order valence-electron chi connectivity index (χ2n) is 5.45. The van der Waals surface area contributed by atoms with Crippen molar-refractivity contribution in [1.82, 2.24) is 29.9 Å². The van der Waals surface area contributed by atoms with Gasteiger partial charge in [-0.25, -0.2) is 4.98 Å². The van der Waals surface area contributed by atoms with Crippen molar-refractivity contribution in [1.29, 1.82) is 0 Å². The van der Waals surface area contributed by atoms with Gasteiger partial charge in [0.2, 0.25) is 5.91 Å². The van der Waals surface area contributed by atoms with E-state index in [0.717, 1.165) is 22.6 Å². The molecule has 0 fully saturated rings. The molecule has 8 nitrogen and oxygen atoms in total. The van der Waals surface area contributed by atoms with E-state index in [0.29, 0.717) is 25.3 Å². The average molecular weight is 325 g/mol. The number of hydrogen-bond donors (Lipinski definition) is 2. The van der Waals surface area contributed by atoms with Crippen molar-refractivity contribution in [3.05, 3.63) is 47.7 Å². The average Bonchev–Trinajstić information content (AvgIpc) is 3.05. The van der Waals surface area contributed by atoms with Crippen molar-refractivity contribution >= 4 is 17.5 Å². The van der Waals surface area contributed by atoms with Gasteiger partial charge in [0.25, 0.3) is 5.78 Å². The molecule has 0 atom stereocenters. The van der Waals surface area contributed by atoms with Crippen LogP contribution in [0.2, 0.25) is 0 Å². The summed E-state index contributed by atoms with van der Waals surface area (Å²) in [5, 5.41) is 10.3. The second-order valence-corrected chi connectivity index (χ2v) is 5.45. The number of fused-ring (bicyclic) bond motifs is 1. The fourth-order valence-electron chi connectivity index (χ4n) is 2.33. The predicted molar refractivity (Wildman–Crippen MR) is 89.4 cm³/mol. The third-order valence-corrected chi connectivity index (χ3v) is 3.79. The van der Waals surface area contributed by atoms with Crippen molar-refractivity contribution in [3.8, 4) is 0 Å². The molecule has 0 aliphatic heterocycles. The van der Waals surface area contributed by atoms with Crippen molar-refractivity contribution in [2.45, 2.75) is 26.8 Å². The molecule has 0 unspecified atom stereocenters. The van der Waals surface area contributed by atoms with Crippen LogP contribution in [-0.2, 0) is 11.3 Å². The maximum absolute atomic E-state index is 12.0. The lowest BCUT2D eigenvalue weighted by Crippen LogP contribution is -2.25. The summed E-state index contributed by atoms with van der Waals surface area (Å²) in [6.07, 6.45) is 5.25. The minimum Gasteiger partial charge on any atom is -0.369 e. The first-order valence-electron chi connectivity index (χ1n) is 7.71. The van der Waals surface area contributed by atoms with Crippen molar-refractivity contribution in [2.75, 3.05) is 11.9 Å². The molecule has 8 heteroatoms. The van der Waals surface area contributed by atoms with Crippen molar-refractivity contribution < 1.29 is 4.79 Å². The van der Waals surface area contributed by atoms with Gasteiger partial charge in [-0.2, -0.15) is 14.6 Å². The van der Waals surface area contributed by atoms with E-state index >= 15 is 0 Å². The van der Waals surface area contributed by atoms with Gasteiger partial charge in [-0.3, -0.25) is 9.78 Å². The molecule has 2 N–H and O–H groups in total. The molecular weight excluding hydrogens is 306 g/mol. The van der Waals surface area contributed by atoms with E-state index in [9.17, 15) is 4.79 Å². The third kappa shape index (κ3) is 3.48. The molecule has 1 amide bonds. The predicted octanol–water partition coefficient (Wildman–Crippen LogP) is 1.25. The standard InChI is InChI=1S/C16H19N7O/c1-11-12(2)22-16-20-10-21-23(16)15(11)18-8-5-14(24)19-9-13-3-6-17-7-4-13/h3-4,6-7,10,18H,5,8-9H2,1-2H3,(H,19,24). The maximum Gasteiger partial charge on any atom is 0.254 e. The van der Waals surface area contributed by atoms with Crippen LogP contribution >= 0.6 is 0 Å². The largest absolute Gasteiger partial charge is 0.369 e. The molecule has 3 heterocycles. The van der Waals surface area contributed by atoms with Crippen LogP contribution in [0.3, 0.4) is 0 Å². The van der Waals surface area contributed by atoms with Crippen molar-refractivity contribution in [3.63, 3.8) is 0 Å². The molecule has 0 radical (unpaired) electrons. The minimum absolute atomic E-state index is 0.0161. The molecule has 3 rings (SSSR count). The van der Waals surface area contributed by atoms with E-state index in [-0.39, 0.29) is 5.91 Å². The molecule has 3 aromatic rings. The van der Waals surface area contributed by atoms with Crippen LogP contribution in [0.5, 0.6) is 0 Å². The molecule has 0 saturated carbocycles. The Hall–Kier alpha value is -3.03. The van der Waals surface area contributed by atoms with Gasteiger partial charge in [-0.15, -0.1) is 0 Å². The molecular formula is C16H19N7O. The smallest absolute Gasteiger partial charge is 0.254 e. The monoisotopic (exact) mass is 325 g/mol. The summed E-state index contributed by atoms with van der Waals surface area (Å²) in [4.78, 5) is 24.4. The van der Waals surface area contributed by atoms with Crippen LogP contribution in [-0.4, -0.2) is 37.0 Å². The molecule has 0 aromatic carbocycles. The van der Waals surface area contributed by atoms with Gasteiger partial charge in [-0.1, -0.05) is 0 Å². The van der Waals surface area contributed by atoms with Crippen LogP contribution in [0.15, 0.2) is 30.9 Å². The highest BCUT2D eigenvalue weighted by molar-refractivity contribution is 5.76. The molecule has 3 aromatic heterocycles. The zero-order valence-corrected chi connectivity index (χ0v) is 13.7. The lowest BCUT2D eigenvalue weighted by atomic mass is 10.2. The Kier molecular flexibility index (Phi) is 4.64. The zero-order valence-electron chi connectivity index (χ0n) is 13.7. The van der Waals surface area contributed by atoms with Gasteiger partial charge >= 0.3 is 0 Å². The molecule has 0 aliphatic rings. The first-order chi connectivity index (χ1) is 11.6. The van der Waals surface area contributed by atoms with Gasteiger partial charge < -0.3 is 10.6 Å². The molecule has 0 bridgehead atoms. The van der Waals surface area contributed by atoms with Crippen LogP contribution in [0.25, 0.3) is 5.78 Å². The van der Waals surface area contributed by atoms with E-state index in [1.54, 1.807) is 16.9 Å². The SMILES string of the molecule is Cc1nc2ncnn2c(NCCC(=O)NCc2ccncc2)c1C. The van der Waals surface area contributed by atoms with E-state index in [2.05, 4.69) is 30.7 Å². The highest BCUT2D eigenvalue weighted by Gasteiger charge is 2.11. The normalized spacial score (nSPS) is 10.8. The van der Waals surface area contributed by atoms with Gasteiger partial charge in [0.15, 0.2) is 0 Å². The number of carbonyl (C=O) groups excluding carboxylic acids is 1.